The molecule has 90 valence electrons. The van der Waals surface area contributed by atoms with Crippen molar-refractivity contribution in [1.29, 1.82) is 0 Å². The van der Waals surface area contributed by atoms with Crippen molar-refractivity contribution in [3.05, 3.63) is 34.9 Å². The summed E-state index contributed by atoms with van der Waals surface area (Å²) < 4.78 is 0. The Balaban J connectivity index is 2.65. The molecule has 0 aliphatic carbocycles. The van der Waals surface area contributed by atoms with E-state index in [9.17, 15) is 0 Å². The lowest BCUT2D eigenvalue weighted by atomic mass is 9.87. The molecule has 1 rings (SSSR count). The molecule has 1 aromatic carbocycles. The van der Waals surface area contributed by atoms with E-state index in [2.05, 4.69) is 52.1 Å². The highest BCUT2D eigenvalue weighted by Gasteiger charge is 2.21. The Kier molecular flexibility index (Phi) is 4.40. The first-order valence-corrected chi connectivity index (χ1v) is 6.20. The molecule has 2 heteroatoms. The first-order valence-electron chi connectivity index (χ1n) is 5.82. The van der Waals surface area contributed by atoms with Crippen molar-refractivity contribution in [2.24, 2.45) is 5.41 Å². The molecule has 0 fully saturated rings. The van der Waals surface area contributed by atoms with Gasteiger partial charge < -0.3 is 5.32 Å². The van der Waals surface area contributed by atoms with E-state index in [1.54, 1.807) is 0 Å². The van der Waals surface area contributed by atoms with Gasteiger partial charge in [0.2, 0.25) is 0 Å². The molecule has 1 nitrogen and oxygen atoms in total. The molecule has 0 saturated carbocycles. The van der Waals surface area contributed by atoms with E-state index in [4.69, 9.17) is 11.6 Å². The van der Waals surface area contributed by atoms with Crippen LogP contribution >= 0.6 is 11.6 Å². The molecule has 0 heterocycles. The third-order valence-electron chi connectivity index (χ3n) is 3.17. The molecule has 0 aliphatic rings. The molecule has 0 bridgehead atoms. The second kappa shape index (κ2) is 5.20. The van der Waals surface area contributed by atoms with Gasteiger partial charge in [-0.2, -0.15) is 0 Å². The summed E-state index contributed by atoms with van der Waals surface area (Å²) in [7, 11) is 0. The fourth-order valence-corrected chi connectivity index (χ4v) is 1.60. The molecule has 0 aromatic heterocycles. The maximum Gasteiger partial charge on any atom is 0.0406 e. The lowest BCUT2D eigenvalue weighted by molar-refractivity contribution is 0.268. The standard InChI is InChI=1S/C14H22ClN/c1-10(16-11(2)14(3,4)5)12-6-8-13(15)9-7-12/h6-11,16H,1-5H3. The van der Waals surface area contributed by atoms with Crippen LogP contribution in [-0.2, 0) is 0 Å². The minimum Gasteiger partial charge on any atom is -0.307 e. The van der Waals surface area contributed by atoms with Crippen LogP contribution in [0, 0.1) is 5.41 Å². The number of benzene rings is 1. The fraction of sp³-hybridized carbons (Fsp3) is 0.571. The summed E-state index contributed by atoms with van der Waals surface area (Å²) in [5.74, 6) is 0. The average Bonchev–Trinajstić information content (AvgIpc) is 2.17. The summed E-state index contributed by atoms with van der Waals surface area (Å²) in [4.78, 5) is 0. The average molecular weight is 240 g/mol. The van der Waals surface area contributed by atoms with Gasteiger partial charge in [-0.05, 0) is 37.0 Å². The Hall–Kier alpha value is -0.530. The van der Waals surface area contributed by atoms with Gasteiger partial charge in [0.05, 0.1) is 0 Å². The van der Waals surface area contributed by atoms with Crippen molar-refractivity contribution in [2.75, 3.05) is 0 Å². The highest BCUT2D eigenvalue weighted by atomic mass is 35.5. The molecule has 0 radical (unpaired) electrons. The Bertz CT molecular complexity index is 324. The number of rotatable bonds is 3. The van der Waals surface area contributed by atoms with Crippen molar-refractivity contribution in [1.82, 2.24) is 5.32 Å². The predicted octanol–water partition coefficient (Wildman–Crippen LogP) is 4.43. The van der Waals surface area contributed by atoms with Gasteiger partial charge in [-0.25, -0.2) is 0 Å². The SMILES string of the molecule is CC(NC(C)C(C)(C)C)c1ccc(Cl)cc1. The van der Waals surface area contributed by atoms with Gasteiger partial charge >= 0.3 is 0 Å². The van der Waals surface area contributed by atoms with Gasteiger partial charge in [0.1, 0.15) is 0 Å². The largest absolute Gasteiger partial charge is 0.307 e. The smallest absolute Gasteiger partial charge is 0.0406 e. The van der Waals surface area contributed by atoms with Gasteiger partial charge in [-0.3, -0.25) is 0 Å². The molecule has 16 heavy (non-hydrogen) atoms. The summed E-state index contributed by atoms with van der Waals surface area (Å²) >= 11 is 5.87. The van der Waals surface area contributed by atoms with Gasteiger partial charge in [0, 0.05) is 17.1 Å². The Morgan fingerprint density at radius 1 is 1.06 bits per heavy atom. The monoisotopic (exact) mass is 239 g/mol. The van der Waals surface area contributed by atoms with Crippen molar-refractivity contribution in [3.63, 3.8) is 0 Å². The first-order chi connectivity index (χ1) is 7.30. The lowest BCUT2D eigenvalue weighted by Crippen LogP contribution is -2.39. The van der Waals surface area contributed by atoms with Gasteiger partial charge in [0.25, 0.3) is 0 Å². The summed E-state index contributed by atoms with van der Waals surface area (Å²) in [6.07, 6.45) is 0. The summed E-state index contributed by atoms with van der Waals surface area (Å²) in [6, 6.07) is 8.86. The van der Waals surface area contributed by atoms with Crippen molar-refractivity contribution >= 4 is 11.6 Å². The highest BCUT2D eigenvalue weighted by molar-refractivity contribution is 6.30. The number of halogens is 1. The topological polar surface area (TPSA) is 12.0 Å². The van der Waals surface area contributed by atoms with Crippen LogP contribution in [0.25, 0.3) is 0 Å². The van der Waals surface area contributed by atoms with E-state index in [-0.39, 0.29) is 5.41 Å². The van der Waals surface area contributed by atoms with Crippen LogP contribution in [0.5, 0.6) is 0 Å². The Morgan fingerprint density at radius 2 is 1.56 bits per heavy atom. The molecule has 0 aliphatic heterocycles. The number of hydrogen-bond donors (Lipinski definition) is 1. The normalized spacial score (nSPS) is 15.9. The van der Waals surface area contributed by atoms with Crippen LogP contribution in [0.4, 0.5) is 0 Å². The summed E-state index contributed by atoms with van der Waals surface area (Å²) in [5.41, 5.74) is 1.56. The van der Waals surface area contributed by atoms with E-state index < -0.39 is 0 Å². The minimum absolute atomic E-state index is 0.278. The Morgan fingerprint density at radius 3 is 2.00 bits per heavy atom. The van der Waals surface area contributed by atoms with Crippen LogP contribution in [-0.4, -0.2) is 6.04 Å². The summed E-state index contributed by atoms with van der Waals surface area (Å²) in [5, 5.41) is 4.40. The van der Waals surface area contributed by atoms with E-state index in [1.165, 1.54) is 5.56 Å². The second-order valence-corrected chi connectivity index (χ2v) is 5.96. The predicted molar refractivity (Wildman–Crippen MR) is 71.9 cm³/mol. The lowest BCUT2D eigenvalue weighted by Gasteiger charge is -2.31. The van der Waals surface area contributed by atoms with Crippen LogP contribution < -0.4 is 5.32 Å². The van der Waals surface area contributed by atoms with Crippen LogP contribution in [0.15, 0.2) is 24.3 Å². The highest BCUT2D eigenvalue weighted by Crippen LogP contribution is 2.23. The van der Waals surface area contributed by atoms with Gasteiger partial charge in [-0.1, -0.05) is 44.5 Å². The third kappa shape index (κ3) is 3.80. The maximum atomic E-state index is 5.87. The maximum absolute atomic E-state index is 5.87. The second-order valence-electron chi connectivity index (χ2n) is 5.53. The molecule has 1 aromatic rings. The quantitative estimate of drug-likeness (QED) is 0.823. The van der Waals surface area contributed by atoms with Gasteiger partial charge in [-0.15, -0.1) is 0 Å². The van der Waals surface area contributed by atoms with E-state index in [0.29, 0.717) is 12.1 Å². The van der Waals surface area contributed by atoms with Gasteiger partial charge in [0.15, 0.2) is 0 Å². The molecule has 2 unspecified atom stereocenters. The first kappa shape index (κ1) is 13.5. The molecular weight excluding hydrogens is 218 g/mol. The molecule has 1 N–H and O–H groups in total. The zero-order valence-corrected chi connectivity index (χ0v) is 11.6. The number of nitrogens with one attached hydrogen (secondary N) is 1. The number of hydrogen-bond acceptors (Lipinski definition) is 1. The van der Waals surface area contributed by atoms with Crippen LogP contribution in [0.2, 0.25) is 5.02 Å². The minimum atomic E-state index is 0.278. The zero-order valence-electron chi connectivity index (χ0n) is 10.8. The third-order valence-corrected chi connectivity index (χ3v) is 3.42. The van der Waals surface area contributed by atoms with Crippen molar-refractivity contribution < 1.29 is 0 Å². The zero-order chi connectivity index (χ0) is 12.3. The van der Waals surface area contributed by atoms with Crippen LogP contribution in [0.3, 0.4) is 0 Å². The molecule has 2 atom stereocenters. The van der Waals surface area contributed by atoms with E-state index >= 15 is 0 Å². The molecule has 0 spiro atoms. The fourth-order valence-electron chi connectivity index (χ4n) is 1.47. The van der Waals surface area contributed by atoms with E-state index in [0.717, 1.165) is 5.02 Å². The van der Waals surface area contributed by atoms with Crippen molar-refractivity contribution in [2.45, 2.75) is 46.7 Å². The van der Waals surface area contributed by atoms with Crippen molar-refractivity contribution in [3.8, 4) is 0 Å². The Labute approximate surface area is 104 Å². The summed E-state index contributed by atoms with van der Waals surface area (Å²) in [6.45, 7) is 11.2. The molecule has 0 saturated heterocycles. The van der Waals surface area contributed by atoms with E-state index in [1.807, 2.05) is 12.1 Å². The molecule has 0 amide bonds. The molecular formula is C14H22ClN. The van der Waals surface area contributed by atoms with Crippen LogP contribution in [0.1, 0.15) is 46.2 Å².